The zero-order valence-electron chi connectivity index (χ0n) is 33.1. The van der Waals surface area contributed by atoms with E-state index in [1.807, 2.05) is 54.6 Å². The first kappa shape index (κ1) is 42.6. The molecule has 3 aliphatic heterocycles. The van der Waals surface area contributed by atoms with Crippen molar-refractivity contribution < 1.29 is 41.0 Å². The van der Waals surface area contributed by atoms with E-state index in [1.54, 1.807) is 9.80 Å². The normalized spacial score (nSPS) is 24.0. The number of β-amino-alcohol motifs (C(OH)–C–C–N with tert-alkyl or cyclic N) is 1. The van der Waals surface area contributed by atoms with Crippen LogP contribution in [0.2, 0.25) is 0 Å². The van der Waals surface area contributed by atoms with Crippen molar-refractivity contribution in [1.82, 2.24) is 15.1 Å². The molecule has 298 valence electrons. The zero-order valence-corrected chi connectivity index (χ0v) is 34.7. The fourth-order valence-corrected chi connectivity index (χ4v) is 9.69. The Morgan fingerprint density at radius 2 is 1.36 bits per heavy atom. The number of halogens is 1. The third kappa shape index (κ3) is 10.3. The van der Waals surface area contributed by atoms with Gasteiger partial charge in [0, 0.05) is 38.4 Å². The molecule has 55 heavy (non-hydrogen) atoms. The molecular formula is C46H63BrN4O4. The minimum Gasteiger partial charge on any atom is -1.00 e. The third-order valence-electron chi connectivity index (χ3n) is 12.6. The van der Waals surface area contributed by atoms with Crippen LogP contribution in [0.1, 0.15) is 101 Å². The fraction of sp³-hybridized carbons (Fsp3) is 0.543. The van der Waals surface area contributed by atoms with Crippen molar-refractivity contribution in [3.63, 3.8) is 0 Å². The average molecular weight is 816 g/mol. The van der Waals surface area contributed by atoms with Crippen LogP contribution in [0.3, 0.4) is 0 Å². The summed E-state index contributed by atoms with van der Waals surface area (Å²) in [5.74, 6) is -0.0935. The molecule has 0 radical (unpaired) electrons. The molecule has 3 fully saturated rings. The maximum absolute atomic E-state index is 14.7. The Labute approximate surface area is 340 Å². The van der Waals surface area contributed by atoms with Gasteiger partial charge in [0.15, 0.2) is 0 Å². The highest BCUT2D eigenvalue weighted by Crippen LogP contribution is 2.43. The van der Waals surface area contributed by atoms with Gasteiger partial charge in [-0.2, -0.15) is 0 Å². The number of carbonyl (C=O) groups excluding carboxylic acids is 3. The first-order valence-electron chi connectivity index (χ1n) is 20.8. The molecule has 3 aromatic carbocycles. The van der Waals surface area contributed by atoms with Crippen LogP contribution in [0.4, 0.5) is 0 Å². The summed E-state index contributed by atoms with van der Waals surface area (Å²) >= 11 is 0. The molecular weight excluding hydrogens is 752 g/mol. The summed E-state index contributed by atoms with van der Waals surface area (Å²) in [7, 11) is 2.38. The van der Waals surface area contributed by atoms with Crippen molar-refractivity contribution in [2.24, 2.45) is 5.92 Å². The Balaban J connectivity index is 0.00000580. The van der Waals surface area contributed by atoms with Crippen molar-refractivity contribution in [3.8, 4) is 0 Å². The number of likely N-dealkylation sites (tertiary alicyclic amines) is 3. The van der Waals surface area contributed by atoms with Gasteiger partial charge >= 0.3 is 0 Å². The number of quaternary nitrogens is 1. The molecule has 3 amide bonds. The van der Waals surface area contributed by atoms with Crippen LogP contribution in [0.5, 0.6) is 0 Å². The van der Waals surface area contributed by atoms with Crippen molar-refractivity contribution in [1.29, 1.82) is 0 Å². The van der Waals surface area contributed by atoms with Crippen LogP contribution in [0.15, 0.2) is 91.0 Å². The highest BCUT2D eigenvalue weighted by atomic mass is 79.9. The summed E-state index contributed by atoms with van der Waals surface area (Å²) in [6.07, 6.45) is 10.9. The van der Waals surface area contributed by atoms with Gasteiger partial charge in [-0.25, -0.2) is 0 Å². The number of nitrogens with zero attached hydrogens (tertiary/aromatic N) is 3. The summed E-state index contributed by atoms with van der Waals surface area (Å²) in [4.78, 5) is 46.2. The van der Waals surface area contributed by atoms with E-state index < -0.39 is 23.6 Å². The Morgan fingerprint density at radius 1 is 0.782 bits per heavy atom. The molecule has 0 unspecified atom stereocenters. The lowest BCUT2D eigenvalue weighted by Gasteiger charge is -2.41. The standard InChI is InChI=1S/C46H62N4O4.BrH/c1-3-4-5-6-7-17-29-50(2)30-19-20-36(35-50)33-47-44(53)41-27-18-28-48(41)45(54)42-31-40(51)34-49(42)43(52)32-46(37-21-11-8-12-22-37,38-23-13-9-14-24-38)39-25-15-10-16-26-39;/h8-16,21-26,36,40-42,51H,3-7,17-20,27-35H2,1-2H3;1H/t36-,40-,41-,42+,50+;/m1./s1. The second-order valence-electron chi connectivity index (χ2n) is 16.6. The quantitative estimate of drug-likeness (QED) is 0.131. The van der Waals surface area contributed by atoms with Gasteiger partial charge in [-0.1, -0.05) is 124 Å². The molecule has 0 spiro atoms. The molecule has 0 bridgehead atoms. The first-order chi connectivity index (χ1) is 26.2. The molecule has 5 atom stereocenters. The lowest BCUT2D eigenvalue weighted by atomic mass is 9.67. The van der Waals surface area contributed by atoms with Crippen molar-refractivity contribution >= 4 is 17.7 Å². The van der Waals surface area contributed by atoms with Crippen LogP contribution >= 0.6 is 0 Å². The summed E-state index contributed by atoms with van der Waals surface area (Å²) < 4.78 is 1.08. The van der Waals surface area contributed by atoms with Crippen molar-refractivity contribution in [2.45, 2.75) is 108 Å². The number of rotatable bonds is 16. The number of aliphatic hydroxyl groups is 1. The van der Waals surface area contributed by atoms with Gasteiger partial charge < -0.3 is 41.7 Å². The fourth-order valence-electron chi connectivity index (χ4n) is 9.69. The molecule has 0 aliphatic carbocycles. The highest BCUT2D eigenvalue weighted by Gasteiger charge is 2.47. The number of nitrogens with one attached hydrogen (secondary N) is 1. The van der Waals surface area contributed by atoms with Crippen LogP contribution in [0.25, 0.3) is 0 Å². The van der Waals surface area contributed by atoms with E-state index in [0.717, 1.165) is 40.6 Å². The zero-order chi connectivity index (χ0) is 38.0. The van der Waals surface area contributed by atoms with Crippen molar-refractivity contribution in [2.75, 3.05) is 46.3 Å². The average Bonchev–Trinajstić information content (AvgIpc) is 3.86. The second-order valence-corrected chi connectivity index (χ2v) is 16.6. The topological polar surface area (TPSA) is 89.9 Å². The van der Waals surface area contributed by atoms with Gasteiger partial charge in [0.05, 0.1) is 38.2 Å². The Kier molecular flexibility index (Phi) is 15.5. The van der Waals surface area contributed by atoms with E-state index in [1.165, 1.54) is 58.0 Å². The van der Waals surface area contributed by atoms with Crippen LogP contribution in [0, 0.1) is 5.92 Å². The van der Waals surface area contributed by atoms with Crippen LogP contribution in [-0.4, -0.2) is 102 Å². The number of aliphatic hydroxyl groups excluding tert-OH is 1. The van der Waals surface area contributed by atoms with E-state index in [0.29, 0.717) is 25.4 Å². The number of hydrogen-bond acceptors (Lipinski definition) is 4. The third-order valence-corrected chi connectivity index (χ3v) is 12.6. The first-order valence-corrected chi connectivity index (χ1v) is 20.8. The maximum atomic E-state index is 14.7. The maximum Gasteiger partial charge on any atom is 0.246 e. The molecule has 9 heteroatoms. The SMILES string of the molecule is CCCCCCCC[N@@+]1(C)CCC[C@H](CNC(=O)[C@H]2CCCN2C(=O)[C@@H]2C[C@@H](O)CN2C(=O)CC(c2ccccc2)(c2ccccc2)c2ccccc2)C1.[Br-]. The van der Waals surface area contributed by atoms with Gasteiger partial charge in [0.25, 0.3) is 0 Å². The number of unbranched alkanes of at least 4 members (excludes halogenated alkanes) is 5. The molecule has 6 rings (SSSR count). The van der Waals surface area contributed by atoms with Crippen LogP contribution in [-0.2, 0) is 19.8 Å². The van der Waals surface area contributed by atoms with Gasteiger partial charge in [0.1, 0.15) is 12.1 Å². The molecule has 3 aromatic rings. The summed E-state index contributed by atoms with van der Waals surface area (Å²) in [5, 5.41) is 14.2. The highest BCUT2D eigenvalue weighted by molar-refractivity contribution is 5.93. The Hall–Kier alpha value is -3.53. The molecule has 3 aliphatic rings. The smallest absolute Gasteiger partial charge is 0.246 e. The molecule has 8 nitrogen and oxygen atoms in total. The van der Waals surface area contributed by atoms with Gasteiger partial charge in [0.2, 0.25) is 17.7 Å². The number of amides is 3. The molecule has 2 N–H and O–H groups in total. The summed E-state index contributed by atoms with van der Waals surface area (Å²) in [6.45, 7) is 6.94. The number of piperidine rings is 1. The largest absolute Gasteiger partial charge is 1.00 e. The number of hydrogen-bond donors (Lipinski definition) is 2. The summed E-state index contributed by atoms with van der Waals surface area (Å²) in [5.41, 5.74) is 2.12. The van der Waals surface area contributed by atoms with Gasteiger partial charge in [-0.3, -0.25) is 14.4 Å². The lowest BCUT2D eigenvalue weighted by molar-refractivity contribution is -0.917. The van der Waals surface area contributed by atoms with E-state index >= 15 is 0 Å². The number of carbonyl (C=O) groups is 3. The molecule has 0 aromatic heterocycles. The van der Waals surface area contributed by atoms with Crippen molar-refractivity contribution in [3.05, 3.63) is 108 Å². The van der Waals surface area contributed by atoms with Gasteiger partial charge in [-0.05, 0) is 55.2 Å². The summed E-state index contributed by atoms with van der Waals surface area (Å²) in [6, 6.07) is 28.9. The molecule has 3 heterocycles. The number of benzene rings is 3. The van der Waals surface area contributed by atoms with Gasteiger partial charge in [-0.15, -0.1) is 0 Å². The minimum atomic E-state index is -0.820. The minimum absolute atomic E-state index is 0. The molecule has 0 saturated carbocycles. The van der Waals surface area contributed by atoms with E-state index in [9.17, 15) is 19.5 Å². The second kappa shape index (κ2) is 20.1. The van der Waals surface area contributed by atoms with E-state index in [4.69, 9.17) is 0 Å². The molecule has 3 saturated heterocycles. The van der Waals surface area contributed by atoms with E-state index in [2.05, 4.69) is 55.7 Å². The van der Waals surface area contributed by atoms with E-state index in [-0.39, 0.29) is 54.1 Å². The Morgan fingerprint density at radius 3 is 1.96 bits per heavy atom. The monoisotopic (exact) mass is 814 g/mol. The predicted molar refractivity (Wildman–Crippen MR) is 215 cm³/mol. The van der Waals surface area contributed by atoms with Crippen LogP contribution < -0.4 is 22.3 Å². The predicted octanol–water partition coefficient (Wildman–Crippen LogP) is 3.70. The lowest BCUT2D eigenvalue weighted by Crippen LogP contribution is -3.00. The Bertz CT molecular complexity index is 1560.